The lowest BCUT2D eigenvalue weighted by atomic mass is 10.6. The normalized spacial score (nSPS) is 19.9. The Kier molecular flexibility index (Phi) is 1.59. The van der Waals surface area contributed by atoms with Crippen molar-refractivity contribution in [3.05, 3.63) is 11.0 Å². The molecule has 0 bridgehead atoms. The van der Waals surface area contributed by atoms with E-state index in [1.807, 2.05) is 0 Å². The summed E-state index contributed by atoms with van der Waals surface area (Å²) >= 11 is 0. The molecule has 4 heteroatoms. The van der Waals surface area contributed by atoms with Gasteiger partial charge in [0.05, 0.1) is 18.1 Å². The minimum atomic E-state index is -2.97. The van der Waals surface area contributed by atoms with Crippen molar-refractivity contribution in [3.8, 4) is 0 Å². The highest BCUT2D eigenvalue weighted by molar-refractivity contribution is 7.94. The Morgan fingerprint density at radius 3 is 2.56 bits per heavy atom. The van der Waals surface area contributed by atoms with Crippen molar-refractivity contribution in [2.75, 3.05) is 19.5 Å². The number of sulfone groups is 1. The van der Waals surface area contributed by atoms with E-state index in [-0.39, 0.29) is 6.61 Å². The highest BCUT2D eigenvalue weighted by atomic mass is 32.2. The molecule has 0 unspecified atom stereocenters. The zero-order valence-electron chi connectivity index (χ0n) is 5.12. The van der Waals surface area contributed by atoms with Gasteiger partial charge in [-0.3, -0.25) is 0 Å². The number of hydrogen-bond donors (Lipinski definition) is 0. The maximum absolute atomic E-state index is 10.7. The molecule has 0 N–H and O–H groups in total. The zero-order chi connectivity index (χ0) is 6.91. The molecule has 3 nitrogen and oxygen atoms in total. The Morgan fingerprint density at radius 2 is 2.33 bits per heavy atom. The molecule has 0 amide bonds. The van der Waals surface area contributed by atoms with Gasteiger partial charge in [0.1, 0.15) is 0 Å². The summed E-state index contributed by atoms with van der Waals surface area (Å²) in [5.41, 5.74) is 0. The van der Waals surface area contributed by atoms with Crippen LogP contribution in [0.2, 0.25) is 0 Å². The largest absolute Gasteiger partial charge is 0.372 e. The lowest BCUT2D eigenvalue weighted by Gasteiger charge is -1.93. The van der Waals surface area contributed by atoms with Crippen molar-refractivity contribution in [1.82, 2.24) is 0 Å². The van der Waals surface area contributed by atoms with E-state index in [4.69, 9.17) is 4.74 Å². The smallest absolute Gasteiger partial charge is 0.173 e. The highest BCUT2D eigenvalue weighted by Gasteiger charge is 2.14. The summed E-state index contributed by atoms with van der Waals surface area (Å²) in [6, 6.07) is 0. The summed E-state index contributed by atoms with van der Waals surface area (Å²) in [5.74, 6) is 0. The minimum Gasteiger partial charge on any atom is -0.372 e. The lowest BCUT2D eigenvalue weighted by molar-refractivity contribution is 0.211. The summed E-state index contributed by atoms with van der Waals surface area (Å²) < 4.78 is 26.2. The number of hydrogen-bond acceptors (Lipinski definition) is 3. The van der Waals surface area contributed by atoms with Crippen LogP contribution in [0.3, 0.4) is 0 Å². The molecule has 0 aromatic rings. The van der Waals surface area contributed by atoms with Gasteiger partial charge in [-0.15, -0.1) is 0 Å². The Bertz CT molecular complexity index is 225. The highest BCUT2D eigenvalue weighted by Crippen LogP contribution is 2.09. The van der Waals surface area contributed by atoms with Gasteiger partial charge in [-0.05, 0) is 6.08 Å². The summed E-state index contributed by atoms with van der Waals surface area (Å²) in [6.07, 6.45) is 2.78. The van der Waals surface area contributed by atoms with Crippen LogP contribution in [0, 0.1) is 0 Å². The average Bonchev–Trinajstić information content (AvgIpc) is 2.08. The topological polar surface area (TPSA) is 43.4 Å². The molecule has 9 heavy (non-hydrogen) atoms. The second-order valence-electron chi connectivity index (χ2n) is 1.96. The van der Waals surface area contributed by atoms with E-state index in [9.17, 15) is 8.42 Å². The van der Waals surface area contributed by atoms with Gasteiger partial charge in [0.25, 0.3) is 0 Å². The van der Waals surface area contributed by atoms with Gasteiger partial charge in [0.15, 0.2) is 9.84 Å². The molecule has 0 aromatic heterocycles. The third-order valence-corrected chi connectivity index (χ3v) is 2.39. The Morgan fingerprint density at radius 1 is 1.67 bits per heavy atom. The van der Waals surface area contributed by atoms with Crippen LogP contribution in [0.5, 0.6) is 0 Å². The molecule has 0 saturated heterocycles. The Hall–Kier alpha value is -0.350. The number of rotatable bonds is 1. The van der Waals surface area contributed by atoms with Crippen molar-refractivity contribution < 1.29 is 13.2 Å². The van der Waals surface area contributed by atoms with Crippen LogP contribution in [-0.4, -0.2) is 27.9 Å². The quantitative estimate of drug-likeness (QED) is 0.523. The fraction of sp³-hybridized carbons (Fsp3) is 0.600. The monoisotopic (exact) mass is 148 g/mol. The standard InChI is InChI=1S/C5H8O3S/c1-9(6,7)5-2-3-8-4-5/h2H,3-4H2,1H3. The first-order valence-corrected chi connectivity index (χ1v) is 4.46. The van der Waals surface area contributed by atoms with Gasteiger partial charge in [-0.1, -0.05) is 0 Å². The van der Waals surface area contributed by atoms with E-state index in [0.717, 1.165) is 0 Å². The van der Waals surface area contributed by atoms with Crippen molar-refractivity contribution >= 4 is 9.84 Å². The van der Waals surface area contributed by atoms with E-state index in [0.29, 0.717) is 11.5 Å². The molecule has 0 aromatic carbocycles. The van der Waals surface area contributed by atoms with Gasteiger partial charge in [-0.25, -0.2) is 8.42 Å². The fourth-order valence-electron chi connectivity index (χ4n) is 0.629. The molecule has 0 spiro atoms. The molecule has 0 fully saturated rings. The molecule has 0 saturated carbocycles. The van der Waals surface area contributed by atoms with Crippen LogP contribution in [0.25, 0.3) is 0 Å². The van der Waals surface area contributed by atoms with E-state index in [1.54, 1.807) is 6.08 Å². The molecule has 1 aliphatic heterocycles. The third-order valence-electron chi connectivity index (χ3n) is 1.15. The van der Waals surface area contributed by atoms with E-state index in [2.05, 4.69) is 0 Å². The molecule has 1 heterocycles. The number of ether oxygens (including phenoxy) is 1. The van der Waals surface area contributed by atoms with Gasteiger partial charge < -0.3 is 4.74 Å². The Balaban J connectivity index is 2.87. The second kappa shape index (κ2) is 2.11. The van der Waals surface area contributed by atoms with Gasteiger partial charge in [0.2, 0.25) is 0 Å². The first-order valence-electron chi connectivity index (χ1n) is 2.57. The predicted octanol–water partition coefficient (Wildman–Crippen LogP) is -0.0549. The van der Waals surface area contributed by atoms with Crippen LogP contribution < -0.4 is 0 Å². The summed E-state index contributed by atoms with van der Waals surface area (Å²) in [5, 5.41) is 0. The molecule has 1 rings (SSSR count). The lowest BCUT2D eigenvalue weighted by Crippen LogP contribution is -2.01. The van der Waals surface area contributed by atoms with Crippen molar-refractivity contribution in [2.45, 2.75) is 0 Å². The van der Waals surface area contributed by atoms with E-state index < -0.39 is 9.84 Å². The summed E-state index contributed by atoms with van der Waals surface area (Å²) in [6.45, 7) is 0.682. The maximum atomic E-state index is 10.7. The van der Waals surface area contributed by atoms with Crippen molar-refractivity contribution in [1.29, 1.82) is 0 Å². The van der Waals surface area contributed by atoms with Crippen LogP contribution in [0.1, 0.15) is 0 Å². The minimum absolute atomic E-state index is 0.249. The zero-order valence-corrected chi connectivity index (χ0v) is 5.94. The van der Waals surface area contributed by atoms with Crippen LogP contribution in [0.4, 0.5) is 0 Å². The van der Waals surface area contributed by atoms with Crippen LogP contribution in [-0.2, 0) is 14.6 Å². The van der Waals surface area contributed by atoms with Crippen molar-refractivity contribution in [2.24, 2.45) is 0 Å². The molecule has 52 valence electrons. The second-order valence-corrected chi connectivity index (χ2v) is 4.03. The summed E-state index contributed by atoms with van der Waals surface area (Å²) in [4.78, 5) is 0.405. The first-order chi connectivity index (χ1) is 4.11. The Labute approximate surface area is 54.2 Å². The molecular formula is C5H8O3S. The fourth-order valence-corrected chi connectivity index (χ4v) is 1.30. The van der Waals surface area contributed by atoms with Gasteiger partial charge >= 0.3 is 0 Å². The molecular weight excluding hydrogens is 140 g/mol. The van der Waals surface area contributed by atoms with Gasteiger partial charge in [0, 0.05) is 6.26 Å². The summed E-state index contributed by atoms with van der Waals surface area (Å²) in [7, 11) is -2.97. The van der Waals surface area contributed by atoms with Crippen molar-refractivity contribution in [3.63, 3.8) is 0 Å². The first kappa shape index (κ1) is 6.77. The molecule has 0 atom stereocenters. The maximum Gasteiger partial charge on any atom is 0.173 e. The third kappa shape index (κ3) is 1.53. The average molecular weight is 148 g/mol. The molecule has 1 aliphatic rings. The van der Waals surface area contributed by atoms with Crippen LogP contribution >= 0.6 is 0 Å². The predicted molar refractivity (Wildman–Crippen MR) is 33.7 cm³/mol. The van der Waals surface area contributed by atoms with Crippen LogP contribution in [0.15, 0.2) is 11.0 Å². The molecule has 0 radical (unpaired) electrons. The van der Waals surface area contributed by atoms with Gasteiger partial charge in [-0.2, -0.15) is 0 Å². The molecule has 0 aliphatic carbocycles. The van der Waals surface area contributed by atoms with E-state index >= 15 is 0 Å². The van der Waals surface area contributed by atoms with E-state index in [1.165, 1.54) is 6.26 Å². The SMILES string of the molecule is CS(=O)(=O)C1=CCOC1.